The molecule has 1 aromatic heterocycles. The van der Waals surface area contributed by atoms with Crippen molar-refractivity contribution in [2.24, 2.45) is 5.92 Å². The summed E-state index contributed by atoms with van der Waals surface area (Å²) in [6, 6.07) is 0. The third kappa shape index (κ3) is 5.35. The van der Waals surface area contributed by atoms with E-state index in [2.05, 4.69) is 41.1 Å². The summed E-state index contributed by atoms with van der Waals surface area (Å²) in [4.78, 5) is 11.2. The lowest BCUT2D eigenvalue weighted by Gasteiger charge is -2.27. The molecule has 4 nitrogen and oxygen atoms in total. The predicted molar refractivity (Wildman–Crippen MR) is 85.3 cm³/mol. The van der Waals surface area contributed by atoms with E-state index in [1.54, 1.807) is 0 Å². The van der Waals surface area contributed by atoms with E-state index < -0.39 is 0 Å². The molecule has 114 valence electrons. The highest BCUT2D eigenvalue weighted by Crippen LogP contribution is 2.13. The van der Waals surface area contributed by atoms with E-state index in [9.17, 15) is 0 Å². The van der Waals surface area contributed by atoms with Gasteiger partial charge in [-0.3, -0.25) is 0 Å². The Balaban J connectivity index is 0.00000200. The first-order valence-electron chi connectivity index (χ1n) is 7.35. The first-order valence-corrected chi connectivity index (χ1v) is 7.35. The van der Waals surface area contributed by atoms with E-state index in [4.69, 9.17) is 0 Å². The summed E-state index contributed by atoms with van der Waals surface area (Å²) in [5.74, 6) is 2.12. The van der Waals surface area contributed by atoms with E-state index in [1.807, 2.05) is 12.4 Å². The van der Waals surface area contributed by atoms with Crippen molar-refractivity contribution in [3.63, 3.8) is 0 Å². The van der Waals surface area contributed by atoms with E-state index in [1.165, 1.54) is 24.9 Å². The van der Waals surface area contributed by atoms with Crippen LogP contribution in [0.25, 0.3) is 0 Å². The lowest BCUT2D eigenvalue weighted by molar-refractivity contribution is 0.237. The standard InChI is InChI=1S/C15H26N4.ClH/c1-12(2)15-17-8-14(9-18-15)11-19(3)10-13-5-4-6-16-7-13;/h8-9,12-13,16H,4-7,10-11H2,1-3H3;1H. The summed E-state index contributed by atoms with van der Waals surface area (Å²) in [7, 11) is 2.19. The zero-order valence-electron chi connectivity index (χ0n) is 12.8. The maximum atomic E-state index is 4.43. The monoisotopic (exact) mass is 298 g/mol. The maximum Gasteiger partial charge on any atom is 0.130 e. The number of nitrogens with one attached hydrogen (secondary N) is 1. The highest BCUT2D eigenvalue weighted by molar-refractivity contribution is 5.85. The van der Waals surface area contributed by atoms with Gasteiger partial charge in [-0.1, -0.05) is 13.8 Å². The van der Waals surface area contributed by atoms with Crippen molar-refractivity contribution in [2.45, 2.75) is 39.2 Å². The van der Waals surface area contributed by atoms with Crippen molar-refractivity contribution in [3.8, 4) is 0 Å². The summed E-state index contributed by atoms with van der Waals surface area (Å²) in [5.41, 5.74) is 1.20. The molecule has 0 aliphatic carbocycles. The molecule has 20 heavy (non-hydrogen) atoms. The number of hydrogen-bond donors (Lipinski definition) is 1. The Labute approximate surface area is 128 Å². The van der Waals surface area contributed by atoms with Crippen LogP contribution in [0.4, 0.5) is 0 Å². The van der Waals surface area contributed by atoms with Crippen LogP contribution in [0.1, 0.15) is 44.0 Å². The molecule has 2 rings (SSSR count). The smallest absolute Gasteiger partial charge is 0.130 e. The Morgan fingerprint density at radius 1 is 1.35 bits per heavy atom. The van der Waals surface area contributed by atoms with Crippen LogP contribution in [0.15, 0.2) is 12.4 Å². The Kier molecular flexibility index (Phi) is 7.41. The van der Waals surface area contributed by atoms with Crippen LogP contribution in [0.2, 0.25) is 0 Å². The largest absolute Gasteiger partial charge is 0.316 e. The molecule has 0 bridgehead atoms. The zero-order chi connectivity index (χ0) is 13.7. The number of halogens is 1. The fourth-order valence-electron chi connectivity index (χ4n) is 2.64. The number of nitrogens with zero attached hydrogens (tertiary/aromatic N) is 3. The van der Waals surface area contributed by atoms with E-state index >= 15 is 0 Å². The third-order valence-corrected chi connectivity index (χ3v) is 3.66. The Morgan fingerprint density at radius 2 is 2.05 bits per heavy atom. The molecule has 1 aliphatic heterocycles. The molecule has 1 unspecified atom stereocenters. The van der Waals surface area contributed by atoms with Crippen molar-refractivity contribution < 1.29 is 0 Å². The fraction of sp³-hybridized carbons (Fsp3) is 0.733. The van der Waals surface area contributed by atoms with Crippen LogP contribution < -0.4 is 5.32 Å². The molecule has 1 aliphatic rings. The van der Waals surface area contributed by atoms with Gasteiger partial charge in [-0.15, -0.1) is 12.4 Å². The van der Waals surface area contributed by atoms with Gasteiger partial charge in [-0.2, -0.15) is 0 Å². The minimum Gasteiger partial charge on any atom is -0.316 e. The molecular weight excluding hydrogens is 272 g/mol. The van der Waals surface area contributed by atoms with Gasteiger partial charge < -0.3 is 10.2 Å². The Bertz CT molecular complexity index is 374. The fourth-order valence-corrected chi connectivity index (χ4v) is 2.64. The van der Waals surface area contributed by atoms with Gasteiger partial charge >= 0.3 is 0 Å². The number of piperidine rings is 1. The van der Waals surface area contributed by atoms with Crippen molar-refractivity contribution in [1.29, 1.82) is 0 Å². The van der Waals surface area contributed by atoms with Crippen LogP contribution in [0.5, 0.6) is 0 Å². The van der Waals surface area contributed by atoms with Gasteiger partial charge in [-0.05, 0) is 38.9 Å². The summed E-state index contributed by atoms with van der Waals surface area (Å²) < 4.78 is 0. The van der Waals surface area contributed by atoms with E-state index in [-0.39, 0.29) is 12.4 Å². The topological polar surface area (TPSA) is 41.1 Å². The molecule has 0 amide bonds. The zero-order valence-corrected chi connectivity index (χ0v) is 13.6. The van der Waals surface area contributed by atoms with Crippen LogP contribution in [-0.4, -0.2) is 41.5 Å². The second-order valence-electron chi connectivity index (χ2n) is 6.01. The molecule has 1 saturated heterocycles. The van der Waals surface area contributed by atoms with Gasteiger partial charge in [0.15, 0.2) is 0 Å². The van der Waals surface area contributed by atoms with Crippen molar-refractivity contribution in [3.05, 3.63) is 23.8 Å². The molecule has 5 heteroatoms. The second kappa shape index (κ2) is 8.55. The molecule has 2 heterocycles. The molecule has 0 aromatic carbocycles. The minimum absolute atomic E-state index is 0. The average Bonchev–Trinajstić information content (AvgIpc) is 2.40. The van der Waals surface area contributed by atoms with Crippen molar-refractivity contribution >= 4 is 12.4 Å². The van der Waals surface area contributed by atoms with Gasteiger partial charge in [0, 0.05) is 37.0 Å². The summed E-state index contributed by atoms with van der Waals surface area (Å²) in [6.07, 6.45) is 6.60. The summed E-state index contributed by atoms with van der Waals surface area (Å²) in [5, 5.41) is 3.47. The lowest BCUT2D eigenvalue weighted by atomic mass is 9.99. The first kappa shape index (κ1) is 17.3. The molecule has 1 aromatic rings. The maximum absolute atomic E-state index is 4.43. The van der Waals surface area contributed by atoms with Gasteiger partial charge in [0.2, 0.25) is 0 Å². The van der Waals surface area contributed by atoms with Crippen molar-refractivity contribution in [2.75, 3.05) is 26.7 Å². The first-order chi connectivity index (χ1) is 9.15. The van der Waals surface area contributed by atoms with Crippen LogP contribution in [0, 0.1) is 5.92 Å². The highest BCUT2D eigenvalue weighted by atomic mass is 35.5. The summed E-state index contributed by atoms with van der Waals surface area (Å²) >= 11 is 0. The Morgan fingerprint density at radius 3 is 2.60 bits per heavy atom. The quantitative estimate of drug-likeness (QED) is 0.906. The lowest BCUT2D eigenvalue weighted by Crippen LogP contribution is -2.36. The van der Waals surface area contributed by atoms with Gasteiger partial charge in [0.1, 0.15) is 5.82 Å². The summed E-state index contributed by atoms with van der Waals surface area (Å²) in [6.45, 7) is 8.68. The third-order valence-electron chi connectivity index (χ3n) is 3.66. The van der Waals surface area contributed by atoms with Crippen LogP contribution in [-0.2, 0) is 6.54 Å². The highest BCUT2D eigenvalue weighted by Gasteiger charge is 2.15. The SMILES string of the molecule is CC(C)c1ncc(CN(C)CC2CCCNC2)cn1.Cl. The van der Waals surface area contributed by atoms with Crippen molar-refractivity contribution in [1.82, 2.24) is 20.2 Å². The second-order valence-corrected chi connectivity index (χ2v) is 6.01. The van der Waals surface area contributed by atoms with E-state index in [0.717, 1.165) is 31.4 Å². The van der Waals surface area contributed by atoms with Crippen LogP contribution in [0.3, 0.4) is 0 Å². The van der Waals surface area contributed by atoms with Crippen LogP contribution >= 0.6 is 12.4 Å². The number of aromatic nitrogens is 2. The molecule has 0 spiro atoms. The molecule has 0 radical (unpaired) electrons. The van der Waals surface area contributed by atoms with Gasteiger partial charge in [0.25, 0.3) is 0 Å². The number of hydrogen-bond acceptors (Lipinski definition) is 4. The number of rotatable bonds is 5. The molecule has 1 N–H and O–H groups in total. The predicted octanol–water partition coefficient (Wildman–Crippen LogP) is 2.45. The average molecular weight is 299 g/mol. The minimum atomic E-state index is 0. The van der Waals surface area contributed by atoms with Gasteiger partial charge in [-0.25, -0.2) is 9.97 Å². The molecule has 1 fully saturated rings. The molecule has 0 saturated carbocycles. The normalized spacial score (nSPS) is 19.1. The Hall–Kier alpha value is -0.710. The van der Waals surface area contributed by atoms with Gasteiger partial charge in [0.05, 0.1) is 0 Å². The molecule has 1 atom stereocenters. The molecular formula is C15H27ClN4. The van der Waals surface area contributed by atoms with E-state index in [0.29, 0.717) is 5.92 Å².